The first-order valence-corrected chi connectivity index (χ1v) is 10.5. The van der Waals surface area contributed by atoms with Gasteiger partial charge in [-0.2, -0.15) is 0 Å². The number of piperidine rings is 1. The average molecular weight is 414 g/mol. The molecule has 1 aliphatic rings. The number of amides is 2. The van der Waals surface area contributed by atoms with Crippen molar-refractivity contribution in [2.75, 3.05) is 13.1 Å². The summed E-state index contributed by atoms with van der Waals surface area (Å²) in [6.07, 6.45) is 2.24. The van der Waals surface area contributed by atoms with Gasteiger partial charge in [-0.25, -0.2) is 0 Å². The van der Waals surface area contributed by atoms with Crippen LogP contribution < -0.4 is 5.32 Å². The molecule has 0 bridgehead atoms. The predicted octanol–water partition coefficient (Wildman–Crippen LogP) is 3.24. The molecule has 0 radical (unpaired) electrons. The number of aryl methyl sites for hydroxylation is 1. The molecule has 4 heterocycles. The van der Waals surface area contributed by atoms with Crippen LogP contribution in [0.1, 0.15) is 63.1 Å². The minimum Gasteiger partial charge on any atom is -0.351 e. The molecule has 0 unspecified atom stereocenters. The smallest absolute Gasteiger partial charge is 0.292 e. The highest BCUT2D eigenvalue weighted by molar-refractivity contribution is 7.09. The summed E-state index contributed by atoms with van der Waals surface area (Å²) in [6.45, 7) is 3.62. The summed E-state index contributed by atoms with van der Waals surface area (Å²) >= 11 is 1.59. The van der Waals surface area contributed by atoms with Gasteiger partial charge >= 0.3 is 0 Å². The Hall–Kier alpha value is -2.94. The molecule has 0 aliphatic carbocycles. The lowest BCUT2D eigenvalue weighted by molar-refractivity contribution is 0.0669. The van der Waals surface area contributed by atoms with E-state index in [1.807, 2.05) is 24.4 Å². The number of aromatic nitrogens is 2. The first kappa shape index (κ1) is 19.4. The van der Waals surface area contributed by atoms with Gasteiger partial charge in [0.1, 0.15) is 0 Å². The van der Waals surface area contributed by atoms with Crippen LogP contribution in [0.4, 0.5) is 0 Å². The van der Waals surface area contributed by atoms with Crippen LogP contribution in [-0.2, 0) is 13.0 Å². The topological polar surface area (TPSA) is 101 Å². The summed E-state index contributed by atoms with van der Waals surface area (Å²) < 4.78 is 10.4. The van der Waals surface area contributed by atoms with Crippen LogP contribution in [0.25, 0.3) is 0 Å². The third-order valence-electron chi connectivity index (χ3n) is 5.09. The molecule has 9 heteroatoms. The Balaban J connectivity index is 1.30. The summed E-state index contributed by atoms with van der Waals surface area (Å²) in [4.78, 5) is 27.6. The van der Waals surface area contributed by atoms with Crippen LogP contribution >= 0.6 is 11.3 Å². The largest absolute Gasteiger partial charge is 0.351 e. The summed E-state index contributed by atoms with van der Waals surface area (Å²) in [5.41, 5.74) is 1.53. The minimum atomic E-state index is -0.276. The molecular formula is C20H22N4O4S. The van der Waals surface area contributed by atoms with E-state index in [0.717, 1.165) is 35.5 Å². The van der Waals surface area contributed by atoms with Crippen LogP contribution in [-0.4, -0.2) is 40.1 Å². The van der Waals surface area contributed by atoms with Crippen molar-refractivity contribution in [3.63, 3.8) is 0 Å². The lowest BCUT2D eigenvalue weighted by atomic mass is 9.93. The number of carbonyl (C=O) groups is 2. The van der Waals surface area contributed by atoms with E-state index in [0.29, 0.717) is 19.6 Å². The Morgan fingerprint density at radius 3 is 2.69 bits per heavy atom. The molecule has 0 saturated carbocycles. The standard InChI is InChI=1S/C20H22N4O4S/c1-2-14-10-18(28-22-14)20(26)24-7-5-13(6-8-24)16-11-17(27-23-16)19(25)21-12-15-4-3-9-29-15/h3-4,9-11,13H,2,5-8,12H2,1H3,(H,21,25). The predicted molar refractivity (Wildman–Crippen MR) is 106 cm³/mol. The van der Waals surface area contributed by atoms with Crippen LogP contribution in [0.3, 0.4) is 0 Å². The maximum atomic E-state index is 12.5. The summed E-state index contributed by atoms with van der Waals surface area (Å²) in [5.74, 6) is 0.240. The summed E-state index contributed by atoms with van der Waals surface area (Å²) in [7, 11) is 0. The van der Waals surface area contributed by atoms with E-state index in [1.54, 1.807) is 28.4 Å². The summed E-state index contributed by atoms with van der Waals surface area (Å²) in [6, 6.07) is 7.32. The molecule has 1 saturated heterocycles. The second-order valence-electron chi connectivity index (χ2n) is 6.98. The maximum Gasteiger partial charge on any atom is 0.292 e. The van der Waals surface area contributed by atoms with Gasteiger partial charge in [0, 0.05) is 36.0 Å². The monoisotopic (exact) mass is 414 g/mol. The van der Waals surface area contributed by atoms with Crippen molar-refractivity contribution >= 4 is 23.2 Å². The van der Waals surface area contributed by atoms with Crippen molar-refractivity contribution < 1.29 is 18.6 Å². The van der Waals surface area contributed by atoms with Gasteiger partial charge in [-0.1, -0.05) is 23.3 Å². The number of carbonyl (C=O) groups excluding carboxylic acids is 2. The van der Waals surface area contributed by atoms with Gasteiger partial charge in [0.15, 0.2) is 0 Å². The first-order valence-electron chi connectivity index (χ1n) is 9.66. The number of likely N-dealkylation sites (tertiary alicyclic amines) is 1. The van der Waals surface area contributed by atoms with Gasteiger partial charge in [-0.15, -0.1) is 11.3 Å². The molecule has 1 fully saturated rings. The molecule has 3 aromatic heterocycles. The Morgan fingerprint density at radius 2 is 2.00 bits per heavy atom. The number of nitrogens with zero attached hydrogens (tertiary/aromatic N) is 3. The number of rotatable bonds is 6. The molecule has 4 rings (SSSR count). The van der Waals surface area contributed by atoms with E-state index in [9.17, 15) is 9.59 Å². The maximum absolute atomic E-state index is 12.5. The molecule has 3 aromatic rings. The zero-order chi connectivity index (χ0) is 20.2. The van der Waals surface area contributed by atoms with Crippen molar-refractivity contribution in [1.29, 1.82) is 0 Å². The van der Waals surface area contributed by atoms with Crippen molar-refractivity contribution in [3.05, 3.63) is 57.4 Å². The Morgan fingerprint density at radius 1 is 1.21 bits per heavy atom. The Bertz CT molecular complexity index is 970. The molecular weight excluding hydrogens is 392 g/mol. The van der Waals surface area contributed by atoms with Gasteiger partial charge in [0.2, 0.25) is 11.5 Å². The molecule has 29 heavy (non-hydrogen) atoms. The van der Waals surface area contributed by atoms with Gasteiger partial charge < -0.3 is 19.3 Å². The van der Waals surface area contributed by atoms with Crippen LogP contribution in [0.5, 0.6) is 0 Å². The average Bonchev–Trinajstić information content (AvgIpc) is 3.53. The molecule has 0 spiro atoms. The third kappa shape index (κ3) is 4.40. The molecule has 8 nitrogen and oxygen atoms in total. The van der Waals surface area contributed by atoms with E-state index in [4.69, 9.17) is 9.05 Å². The Labute approximate surface area is 171 Å². The van der Waals surface area contributed by atoms with E-state index in [1.165, 1.54) is 0 Å². The van der Waals surface area contributed by atoms with Crippen LogP contribution in [0.15, 0.2) is 38.7 Å². The normalized spacial score (nSPS) is 14.9. The minimum absolute atomic E-state index is 0.135. The van der Waals surface area contributed by atoms with Crippen molar-refractivity contribution in [1.82, 2.24) is 20.5 Å². The zero-order valence-corrected chi connectivity index (χ0v) is 16.9. The highest BCUT2D eigenvalue weighted by Crippen LogP contribution is 2.28. The lowest BCUT2D eigenvalue weighted by Crippen LogP contribution is -2.37. The van der Waals surface area contributed by atoms with Crippen molar-refractivity contribution in [2.45, 2.75) is 38.6 Å². The van der Waals surface area contributed by atoms with Gasteiger partial charge in [-0.05, 0) is 30.7 Å². The molecule has 2 amide bonds. The molecule has 1 N–H and O–H groups in total. The first-order chi connectivity index (χ1) is 14.1. The number of nitrogens with one attached hydrogen (secondary N) is 1. The summed E-state index contributed by atoms with van der Waals surface area (Å²) in [5, 5.41) is 12.8. The Kier molecular flexibility index (Phi) is 5.75. The SMILES string of the molecule is CCc1cc(C(=O)N2CCC(c3cc(C(=O)NCc4cccs4)on3)CC2)on1. The number of thiophene rings is 1. The van der Waals surface area contributed by atoms with Gasteiger partial charge in [-0.3, -0.25) is 9.59 Å². The van der Waals surface area contributed by atoms with E-state index < -0.39 is 0 Å². The second-order valence-corrected chi connectivity index (χ2v) is 8.01. The fourth-order valence-corrected chi connectivity index (χ4v) is 4.01. The molecule has 0 atom stereocenters. The fraction of sp³-hybridized carbons (Fsp3) is 0.400. The van der Waals surface area contributed by atoms with Crippen molar-refractivity contribution in [3.8, 4) is 0 Å². The molecule has 0 aromatic carbocycles. The number of hydrogen-bond acceptors (Lipinski definition) is 7. The van der Waals surface area contributed by atoms with E-state index in [-0.39, 0.29) is 29.3 Å². The molecule has 152 valence electrons. The van der Waals surface area contributed by atoms with Crippen molar-refractivity contribution in [2.24, 2.45) is 0 Å². The highest BCUT2D eigenvalue weighted by Gasteiger charge is 2.29. The second kappa shape index (κ2) is 8.60. The zero-order valence-electron chi connectivity index (χ0n) is 16.1. The van der Waals surface area contributed by atoms with E-state index in [2.05, 4.69) is 15.6 Å². The fourth-order valence-electron chi connectivity index (χ4n) is 3.37. The van der Waals surface area contributed by atoms with Gasteiger partial charge in [0.25, 0.3) is 11.8 Å². The quantitative estimate of drug-likeness (QED) is 0.664. The van der Waals surface area contributed by atoms with Crippen LogP contribution in [0.2, 0.25) is 0 Å². The highest BCUT2D eigenvalue weighted by atomic mass is 32.1. The van der Waals surface area contributed by atoms with Crippen LogP contribution in [0, 0.1) is 0 Å². The van der Waals surface area contributed by atoms with E-state index >= 15 is 0 Å². The van der Waals surface area contributed by atoms with Gasteiger partial charge in [0.05, 0.1) is 17.9 Å². The molecule has 1 aliphatic heterocycles. The number of hydrogen-bond donors (Lipinski definition) is 1. The lowest BCUT2D eigenvalue weighted by Gasteiger charge is -2.30. The third-order valence-corrected chi connectivity index (χ3v) is 5.96.